The first-order chi connectivity index (χ1) is 9.63. The number of hydrogen-bond donors (Lipinski definition) is 2. The van der Waals surface area contributed by atoms with Crippen LogP contribution in [0.15, 0.2) is 35.3 Å². The number of rotatable bonds is 8. The van der Waals surface area contributed by atoms with Crippen molar-refractivity contribution in [2.75, 3.05) is 31.1 Å². The highest BCUT2D eigenvalue weighted by molar-refractivity contribution is 5.77. The van der Waals surface area contributed by atoms with Gasteiger partial charge >= 0.3 is 0 Å². The highest BCUT2D eigenvalue weighted by Gasteiger charge is 2.02. The first-order valence-corrected chi connectivity index (χ1v) is 7.47. The third-order valence-corrected chi connectivity index (χ3v) is 3.04. The number of benzene rings is 1. The first kappa shape index (κ1) is 16.3. The summed E-state index contributed by atoms with van der Waals surface area (Å²) in [5, 5.41) is 3.17. The predicted octanol–water partition coefficient (Wildman–Crippen LogP) is 2.46. The first-order valence-electron chi connectivity index (χ1n) is 7.47. The molecule has 1 aromatic rings. The molecule has 0 unspecified atom stereocenters. The number of aliphatic imine (C=N–C) groups is 1. The Morgan fingerprint density at radius 1 is 1.30 bits per heavy atom. The maximum absolute atomic E-state index is 5.81. The van der Waals surface area contributed by atoms with Crippen LogP contribution in [-0.2, 0) is 0 Å². The smallest absolute Gasteiger partial charge is 0.188 e. The molecule has 1 rings (SSSR count). The highest BCUT2D eigenvalue weighted by Crippen LogP contribution is 2.12. The molecule has 0 saturated carbocycles. The molecule has 0 aliphatic rings. The third kappa shape index (κ3) is 6.45. The van der Waals surface area contributed by atoms with E-state index in [9.17, 15) is 0 Å². The summed E-state index contributed by atoms with van der Waals surface area (Å²) in [6.45, 7) is 10.1. The fourth-order valence-corrected chi connectivity index (χ4v) is 1.93. The minimum atomic E-state index is 0.545. The Balaban J connectivity index is 2.27. The van der Waals surface area contributed by atoms with Gasteiger partial charge in [-0.05, 0) is 31.4 Å². The standard InChI is InChI=1S/C16H28N4/c1-4-20(15-9-6-5-7-10-15)12-8-11-18-16(17)19-13-14(2)3/h5-7,9-10,14H,4,8,11-13H2,1-3H3,(H3,17,18,19). The van der Waals surface area contributed by atoms with Gasteiger partial charge in [-0.3, -0.25) is 4.99 Å². The molecule has 4 heteroatoms. The third-order valence-electron chi connectivity index (χ3n) is 3.04. The van der Waals surface area contributed by atoms with Crippen LogP contribution in [-0.4, -0.2) is 32.1 Å². The summed E-state index contributed by atoms with van der Waals surface area (Å²) in [6.07, 6.45) is 1.04. The molecule has 0 fully saturated rings. The van der Waals surface area contributed by atoms with E-state index in [2.05, 4.69) is 60.2 Å². The fourth-order valence-electron chi connectivity index (χ4n) is 1.93. The van der Waals surface area contributed by atoms with Crippen molar-refractivity contribution in [3.05, 3.63) is 30.3 Å². The Labute approximate surface area is 123 Å². The number of guanidine groups is 1. The highest BCUT2D eigenvalue weighted by atomic mass is 15.1. The van der Waals surface area contributed by atoms with Gasteiger partial charge in [0, 0.05) is 31.9 Å². The van der Waals surface area contributed by atoms with E-state index in [0.717, 1.165) is 32.6 Å². The van der Waals surface area contributed by atoms with E-state index in [0.29, 0.717) is 11.9 Å². The fraction of sp³-hybridized carbons (Fsp3) is 0.562. The summed E-state index contributed by atoms with van der Waals surface area (Å²) < 4.78 is 0. The summed E-state index contributed by atoms with van der Waals surface area (Å²) in [7, 11) is 0. The molecule has 3 N–H and O–H groups in total. The monoisotopic (exact) mass is 276 g/mol. The Kier molecular flexibility index (Phi) is 7.55. The number of para-hydroxylation sites is 1. The molecular formula is C16H28N4. The van der Waals surface area contributed by atoms with Crippen LogP contribution in [0, 0.1) is 5.92 Å². The zero-order valence-electron chi connectivity index (χ0n) is 13.0. The lowest BCUT2D eigenvalue weighted by atomic mass is 10.2. The van der Waals surface area contributed by atoms with Crippen molar-refractivity contribution < 1.29 is 0 Å². The lowest BCUT2D eigenvalue weighted by Crippen LogP contribution is -2.35. The van der Waals surface area contributed by atoms with Crippen LogP contribution in [0.4, 0.5) is 5.69 Å². The average molecular weight is 276 g/mol. The maximum atomic E-state index is 5.81. The van der Waals surface area contributed by atoms with Gasteiger partial charge in [-0.2, -0.15) is 0 Å². The molecule has 0 aliphatic carbocycles. The topological polar surface area (TPSA) is 53.6 Å². The number of nitrogens with two attached hydrogens (primary N) is 1. The molecular weight excluding hydrogens is 248 g/mol. The zero-order valence-corrected chi connectivity index (χ0v) is 13.0. The second-order valence-electron chi connectivity index (χ2n) is 5.32. The number of hydrogen-bond acceptors (Lipinski definition) is 2. The van der Waals surface area contributed by atoms with Gasteiger partial charge in [-0.15, -0.1) is 0 Å². The van der Waals surface area contributed by atoms with E-state index in [1.807, 2.05) is 6.07 Å². The summed E-state index contributed by atoms with van der Waals surface area (Å²) in [5.41, 5.74) is 7.08. The van der Waals surface area contributed by atoms with Gasteiger partial charge in [0.05, 0.1) is 0 Å². The predicted molar refractivity (Wildman–Crippen MR) is 88.3 cm³/mol. The van der Waals surface area contributed by atoms with Crippen LogP contribution in [0.25, 0.3) is 0 Å². The molecule has 0 radical (unpaired) electrons. The molecule has 0 saturated heterocycles. The van der Waals surface area contributed by atoms with Gasteiger partial charge in [0.1, 0.15) is 0 Å². The molecule has 20 heavy (non-hydrogen) atoms. The van der Waals surface area contributed by atoms with E-state index in [1.165, 1.54) is 5.69 Å². The molecule has 0 heterocycles. The van der Waals surface area contributed by atoms with E-state index in [-0.39, 0.29) is 0 Å². The van der Waals surface area contributed by atoms with Gasteiger partial charge in [-0.1, -0.05) is 32.0 Å². The average Bonchev–Trinajstić information content (AvgIpc) is 2.46. The molecule has 4 nitrogen and oxygen atoms in total. The number of nitrogens with one attached hydrogen (secondary N) is 1. The van der Waals surface area contributed by atoms with Crippen molar-refractivity contribution in [1.29, 1.82) is 0 Å². The Morgan fingerprint density at radius 2 is 2.00 bits per heavy atom. The second kappa shape index (κ2) is 9.23. The van der Waals surface area contributed by atoms with Gasteiger partial charge in [0.25, 0.3) is 0 Å². The maximum Gasteiger partial charge on any atom is 0.188 e. The van der Waals surface area contributed by atoms with E-state index in [1.54, 1.807) is 0 Å². The molecule has 0 bridgehead atoms. The van der Waals surface area contributed by atoms with E-state index >= 15 is 0 Å². The Morgan fingerprint density at radius 3 is 2.60 bits per heavy atom. The quantitative estimate of drug-likeness (QED) is 0.436. The van der Waals surface area contributed by atoms with Crippen LogP contribution < -0.4 is 16.0 Å². The summed E-state index contributed by atoms with van der Waals surface area (Å²) in [5.74, 6) is 1.10. The normalized spacial score (nSPS) is 11.7. The Bertz CT molecular complexity index is 387. The molecule has 0 spiro atoms. The number of nitrogens with zero attached hydrogens (tertiary/aromatic N) is 2. The van der Waals surface area contributed by atoms with Crippen molar-refractivity contribution in [3.8, 4) is 0 Å². The van der Waals surface area contributed by atoms with Crippen LogP contribution in [0.1, 0.15) is 27.2 Å². The molecule has 0 amide bonds. The molecule has 0 aliphatic heterocycles. The largest absolute Gasteiger partial charge is 0.372 e. The Hall–Kier alpha value is -1.71. The second-order valence-corrected chi connectivity index (χ2v) is 5.32. The number of anilines is 1. The van der Waals surface area contributed by atoms with Crippen molar-refractivity contribution in [1.82, 2.24) is 5.32 Å². The van der Waals surface area contributed by atoms with Crippen molar-refractivity contribution in [2.45, 2.75) is 27.2 Å². The minimum absolute atomic E-state index is 0.545. The lowest BCUT2D eigenvalue weighted by Gasteiger charge is -2.23. The zero-order chi connectivity index (χ0) is 14.8. The lowest BCUT2D eigenvalue weighted by molar-refractivity contribution is 0.658. The van der Waals surface area contributed by atoms with Crippen LogP contribution in [0.2, 0.25) is 0 Å². The molecule has 0 atom stereocenters. The van der Waals surface area contributed by atoms with Crippen LogP contribution in [0.5, 0.6) is 0 Å². The van der Waals surface area contributed by atoms with Gasteiger partial charge in [-0.25, -0.2) is 0 Å². The van der Waals surface area contributed by atoms with E-state index in [4.69, 9.17) is 5.73 Å². The summed E-state index contributed by atoms with van der Waals surface area (Å²) in [6, 6.07) is 10.5. The minimum Gasteiger partial charge on any atom is -0.372 e. The SMILES string of the molecule is CCN(CCCNC(N)=NCC(C)C)c1ccccc1. The van der Waals surface area contributed by atoms with Crippen LogP contribution >= 0.6 is 0 Å². The summed E-state index contributed by atoms with van der Waals surface area (Å²) in [4.78, 5) is 6.65. The van der Waals surface area contributed by atoms with Crippen molar-refractivity contribution in [3.63, 3.8) is 0 Å². The molecule has 1 aromatic carbocycles. The molecule has 0 aromatic heterocycles. The van der Waals surface area contributed by atoms with E-state index < -0.39 is 0 Å². The van der Waals surface area contributed by atoms with Gasteiger partial charge in [0.2, 0.25) is 0 Å². The molecule has 112 valence electrons. The van der Waals surface area contributed by atoms with Crippen LogP contribution in [0.3, 0.4) is 0 Å². The van der Waals surface area contributed by atoms with Gasteiger partial charge < -0.3 is 16.0 Å². The van der Waals surface area contributed by atoms with Crippen molar-refractivity contribution in [2.24, 2.45) is 16.6 Å². The van der Waals surface area contributed by atoms with Crippen molar-refractivity contribution >= 4 is 11.6 Å². The summed E-state index contributed by atoms with van der Waals surface area (Å²) >= 11 is 0. The van der Waals surface area contributed by atoms with Gasteiger partial charge in [0.15, 0.2) is 5.96 Å².